The number of amides is 1. The molecule has 1 amide bonds. The molecular formula is C14H19ClN2O2. The molecular weight excluding hydrogens is 264 g/mol. The van der Waals surface area contributed by atoms with Gasteiger partial charge in [0.2, 0.25) is 5.91 Å². The second kappa shape index (κ2) is 6.26. The predicted octanol–water partition coefficient (Wildman–Crippen LogP) is 2.77. The van der Waals surface area contributed by atoms with E-state index in [1.54, 1.807) is 13.2 Å². The lowest BCUT2D eigenvalue weighted by Gasteiger charge is -2.27. The number of hydrogen-bond acceptors (Lipinski definition) is 3. The molecule has 0 bridgehead atoms. The van der Waals surface area contributed by atoms with Crippen molar-refractivity contribution in [2.75, 3.05) is 25.5 Å². The van der Waals surface area contributed by atoms with Crippen LogP contribution < -0.4 is 15.4 Å². The van der Waals surface area contributed by atoms with E-state index in [0.29, 0.717) is 16.7 Å². The van der Waals surface area contributed by atoms with Crippen LogP contribution in [-0.4, -0.2) is 26.1 Å². The molecule has 0 spiro atoms. The number of rotatable bonds is 3. The lowest BCUT2D eigenvalue weighted by Crippen LogP contribution is -2.27. The molecule has 104 valence electrons. The first-order chi connectivity index (χ1) is 9.13. The molecule has 0 saturated carbocycles. The van der Waals surface area contributed by atoms with Gasteiger partial charge in [-0.1, -0.05) is 11.6 Å². The molecule has 0 unspecified atom stereocenters. The highest BCUT2D eigenvalue weighted by Gasteiger charge is 2.24. The molecule has 1 heterocycles. The molecule has 1 fully saturated rings. The van der Waals surface area contributed by atoms with Crippen molar-refractivity contribution in [3.8, 4) is 5.75 Å². The Bertz CT molecular complexity index is 471. The molecule has 1 aliphatic rings. The first-order valence-corrected chi connectivity index (χ1v) is 6.86. The minimum absolute atomic E-state index is 0.115. The predicted molar refractivity (Wildman–Crippen MR) is 77.2 cm³/mol. The monoisotopic (exact) mass is 282 g/mol. The third kappa shape index (κ3) is 3.19. The van der Waals surface area contributed by atoms with Crippen molar-refractivity contribution in [2.24, 2.45) is 0 Å². The summed E-state index contributed by atoms with van der Waals surface area (Å²) in [5, 5.41) is 6.88. The van der Waals surface area contributed by atoms with Gasteiger partial charge in [-0.05, 0) is 44.0 Å². The van der Waals surface area contributed by atoms with E-state index >= 15 is 0 Å². The maximum absolute atomic E-state index is 11.4. The van der Waals surface area contributed by atoms with E-state index in [-0.39, 0.29) is 5.91 Å². The van der Waals surface area contributed by atoms with Gasteiger partial charge in [0, 0.05) is 17.5 Å². The molecule has 0 radical (unpaired) electrons. The Kier molecular flexibility index (Phi) is 4.66. The maximum atomic E-state index is 11.4. The van der Waals surface area contributed by atoms with Gasteiger partial charge in [-0.3, -0.25) is 4.79 Å². The summed E-state index contributed by atoms with van der Waals surface area (Å²) in [6, 6.07) is 3.63. The summed E-state index contributed by atoms with van der Waals surface area (Å²) in [6.45, 7) is 3.43. The smallest absolute Gasteiger partial charge is 0.221 e. The van der Waals surface area contributed by atoms with Crippen molar-refractivity contribution < 1.29 is 9.53 Å². The van der Waals surface area contributed by atoms with Crippen LogP contribution in [0, 0.1) is 0 Å². The Morgan fingerprint density at radius 1 is 1.42 bits per heavy atom. The summed E-state index contributed by atoms with van der Waals surface area (Å²) in [4.78, 5) is 11.4. The van der Waals surface area contributed by atoms with E-state index in [4.69, 9.17) is 16.3 Å². The van der Waals surface area contributed by atoms with E-state index in [9.17, 15) is 4.79 Å². The number of carbonyl (C=O) groups is 1. The number of piperidine rings is 1. The Morgan fingerprint density at radius 3 is 2.68 bits per heavy atom. The summed E-state index contributed by atoms with van der Waals surface area (Å²) in [5.74, 6) is 0.898. The zero-order valence-corrected chi connectivity index (χ0v) is 12.0. The van der Waals surface area contributed by atoms with Crippen LogP contribution in [0.4, 0.5) is 5.69 Å². The lowest BCUT2D eigenvalue weighted by molar-refractivity contribution is -0.114. The summed E-state index contributed by atoms with van der Waals surface area (Å²) in [7, 11) is 1.60. The molecule has 0 atom stereocenters. The van der Waals surface area contributed by atoms with Gasteiger partial charge < -0.3 is 15.4 Å². The molecule has 0 aromatic heterocycles. The van der Waals surface area contributed by atoms with Crippen LogP contribution in [-0.2, 0) is 4.79 Å². The average Bonchev–Trinajstić information content (AvgIpc) is 2.39. The minimum Gasteiger partial charge on any atom is -0.495 e. The van der Waals surface area contributed by atoms with Gasteiger partial charge in [0.05, 0.1) is 12.8 Å². The van der Waals surface area contributed by atoms with E-state index < -0.39 is 0 Å². The first-order valence-electron chi connectivity index (χ1n) is 6.48. The molecule has 1 saturated heterocycles. The zero-order chi connectivity index (χ0) is 13.8. The van der Waals surface area contributed by atoms with Crippen LogP contribution in [0.3, 0.4) is 0 Å². The standard InChI is InChI=1S/C14H19ClN2O2/c1-9(18)17-14-12(19-2)4-3-11(15)13(14)10-5-7-16-8-6-10/h3-4,10,16H,5-8H2,1-2H3,(H,17,18). The molecule has 1 aromatic rings. The molecule has 1 aromatic carbocycles. The Hall–Kier alpha value is -1.26. The van der Waals surface area contributed by atoms with Crippen molar-refractivity contribution in [2.45, 2.75) is 25.7 Å². The third-order valence-electron chi connectivity index (χ3n) is 3.42. The fourth-order valence-electron chi connectivity index (χ4n) is 2.56. The first kappa shape index (κ1) is 14.2. The van der Waals surface area contributed by atoms with E-state index in [1.807, 2.05) is 6.07 Å². The second-order valence-electron chi connectivity index (χ2n) is 4.74. The summed E-state index contributed by atoms with van der Waals surface area (Å²) in [6.07, 6.45) is 2.03. The number of ether oxygens (including phenoxy) is 1. The van der Waals surface area contributed by atoms with Gasteiger partial charge in [-0.25, -0.2) is 0 Å². The van der Waals surface area contributed by atoms with Gasteiger partial charge in [0.15, 0.2) is 0 Å². The zero-order valence-electron chi connectivity index (χ0n) is 11.3. The fourth-order valence-corrected chi connectivity index (χ4v) is 2.87. The summed E-state index contributed by atoms with van der Waals surface area (Å²) >= 11 is 6.35. The second-order valence-corrected chi connectivity index (χ2v) is 5.15. The van der Waals surface area contributed by atoms with Crippen molar-refractivity contribution in [3.63, 3.8) is 0 Å². The molecule has 19 heavy (non-hydrogen) atoms. The summed E-state index contributed by atoms with van der Waals surface area (Å²) in [5.41, 5.74) is 1.71. The summed E-state index contributed by atoms with van der Waals surface area (Å²) < 4.78 is 5.34. The highest BCUT2D eigenvalue weighted by Crippen LogP contribution is 2.41. The van der Waals surface area contributed by atoms with Crippen LogP contribution in [0.2, 0.25) is 5.02 Å². The number of benzene rings is 1. The quantitative estimate of drug-likeness (QED) is 0.896. The highest BCUT2D eigenvalue weighted by molar-refractivity contribution is 6.32. The third-order valence-corrected chi connectivity index (χ3v) is 3.75. The molecule has 4 nitrogen and oxygen atoms in total. The van der Waals surface area contributed by atoms with Gasteiger partial charge in [-0.2, -0.15) is 0 Å². The van der Waals surface area contributed by atoms with Gasteiger partial charge in [0.1, 0.15) is 5.75 Å². The SMILES string of the molecule is COc1ccc(Cl)c(C2CCNCC2)c1NC(C)=O. The normalized spacial score (nSPS) is 16.2. The van der Waals surface area contributed by atoms with Crippen LogP contribution in [0.25, 0.3) is 0 Å². The van der Waals surface area contributed by atoms with Crippen molar-refractivity contribution >= 4 is 23.2 Å². The number of anilines is 1. The Balaban J connectivity index is 2.45. The molecule has 2 rings (SSSR count). The van der Waals surface area contributed by atoms with Gasteiger partial charge >= 0.3 is 0 Å². The molecule has 2 N–H and O–H groups in total. The fraction of sp³-hybridized carbons (Fsp3) is 0.500. The number of nitrogens with one attached hydrogen (secondary N) is 2. The highest BCUT2D eigenvalue weighted by atomic mass is 35.5. The number of methoxy groups -OCH3 is 1. The van der Waals surface area contributed by atoms with Gasteiger partial charge in [0.25, 0.3) is 0 Å². The lowest BCUT2D eigenvalue weighted by atomic mass is 9.88. The van der Waals surface area contributed by atoms with E-state index in [2.05, 4.69) is 10.6 Å². The van der Waals surface area contributed by atoms with E-state index in [1.165, 1.54) is 6.92 Å². The topological polar surface area (TPSA) is 50.4 Å². The largest absolute Gasteiger partial charge is 0.495 e. The number of halogens is 1. The van der Waals surface area contributed by atoms with Crippen LogP contribution in [0.15, 0.2) is 12.1 Å². The minimum atomic E-state index is -0.115. The Labute approximate surface area is 118 Å². The van der Waals surface area contributed by atoms with Crippen molar-refractivity contribution in [1.82, 2.24) is 5.32 Å². The number of carbonyl (C=O) groups excluding carboxylic acids is 1. The molecule has 1 aliphatic heterocycles. The average molecular weight is 283 g/mol. The molecule has 0 aliphatic carbocycles. The van der Waals surface area contributed by atoms with Crippen molar-refractivity contribution in [1.29, 1.82) is 0 Å². The van der Waals surface area contributed by atoms with Crippen molar-refractivity contribution in [3.05, 3.63) is 22.7 Å². The van der Waals surface area contributed by atoms with E-state index in [0.717, 1.165) is 37.2 Å². The van der Waals surface area contributed by atoms with Gasteiger partial charge in [-0.15, -0.1) is 0 Å². The maximum Gasteiger partial charge on any atom is 0.221 e. The van der Waals surface area contributed by atoms with Crippen LogP contribution in [0.1, 0.15) is 31.2 Å². The van der Waals surface area contributed by atoms with Crippen LogP contribution in [0.5, 0.6) is 5.75 Å². The molecule has 5 heteroatoms. The van der Waals surface area contributed by atoms with Crippen LogP contribution >= 0.6 is 11.6 Å². The number of hydrogen-bond donors (Lipinski definition) is 2. The Morgan fingerprint density at radius 2 is 2.11 bits per heavy atom.